The van der Waals surface area contributed by atoms with Gasteiger partial charge in [0.05, 0.1) is 31.0 Å². The number of hydrogen-bond donors (Lipinski definition) is 1. The smallest absolute Gasteiger partial charge is 0.345 e. The monoisotopic (exact) mass is 502 g/mol. The van der Waals surface area contributed by atoms with Crippen molar-refractivity contribution in [3.05, 3.63) is 81.8 Å². The van der Waals surface area contributed by atoms with Crippen molar-refractivity contribution in [1.82, 2.24) is 5.43 Å². The number of nitrogens with zero attached hydrogens (tertiary/aromatic N) is 1. The van der Waals surface area contributed by atoms with Crippen LogP contribution in [-0.4, -0.2) is 38.9 Å². The molecule has 0 radical (unpaired) electrons. The topological polar surface area (TPSA) is 95.5 Å². The molecule has 0 heterocycles. The molecule has 34 heavy (non-hydrogen) atoms. The van der Waals surface area contributed by atoms with E-state index in [2.05, 4.69) is 10.5 Å². The highest BCUT2D eigenvalue weighted by Crippen LogP contribution is 2.30. The van der Waals surface area contributed by atoms with Crippen molar-refractivity contribution >= 4 is 41.3 Å². The van der Waals surface area contributed by atoms with E-state index >= 15 is 0 Å². The molecule has 0 unspecified atom stereocenters. The van der Waals surface area contributed by atoms with Crippen LogP contribution in [0.25, 0.3) is 0 Å². The third-order valence-electron chi connectivity index (χ3n) is 4.37. The summed E-state index contributed by atoms with van der Waals surface area (Å²) >= 11 is 11.9. The fourth-order valence-electron chi connectivity index (χ4n) is 2.75. The van der Waals surface area contributed by atoms with Crippen molar-refractivity contribution in [2.45, 2.75) is 0 Å². The molecule has 0 fully saturated rings. The summed E-state index contributed by atoms with van der Waals surface area (Å²) in [5.74, 6) is 0.310. The largest absolute Gasteiger partial charge is 0.493 e. The number of ether oxygens (including phenoxy) is 4. The van der Waals surface area contributed by atoms with E-state index in [-0.39, 0.29) is 28.7 Å². The van der Waals surface area contributed by atoms with Gasteiger partial charge in [-0.05, 0) is 54.1 Å². The Labute approximate surface area is 206 Å². The molecular formula is C24H20Cl2N2O6. The van der Waals surface area contributed by atoms with Crippen LogP contribution in [-0.2, 0) is 4.79 Å². The first-order valence-corrected chi connectivity index (χ1v) is 10.6. The highest BCUT2D eigenvalue weighted by atomic mass is 35.5. The van der Waals surface area contributed by atoms with Gasteiger partial charge in [0, 0.05) is 5.02 Å². The van der Waals surface area contributed by atoms with Gasteiger partial charge in [-0.25, -0.2) is 10.2 Å². The number of para-hydroxylation sites is 2. The summed E-state index contributed by atoms with van der Waals surface area (Å²) in [5, 5.41) is 4.48. The first kappa shape index (κ1) is 24.9. The maximum absolute atomic E-state index is 12.5. The maximum Gasteiger partial charge on any atom is 0.345 e. The highest BCUT2D eigenvalue weighted by Gasteiger charge is 2.16. The lowest BCUT2D eigenvalue weighted by molar-refractivity contribution is -0.123. The third-order valence-corrected chi connectivity index (χ3v) is 4.92. The Morgan fingerprint density at radius 1 is 0.912 bits per heavy atom. The molecule has 0 aromatic heterocycles. The molecule has 3 aromatic carbocycles. The van der Waals surface area contributed by atoms with Gasteiger partial charge >= 0.3 is 5.97 Å². The number of amides is 1. The second-order valence-corrected chi connectivity index (χ2v) is 7.50. The summed E-state index contributed by atoms with van der Waals surface area (Å²) in [4.78, 5) is 24.4. The van der Waals surface area contributed by atoms with Crippen LogP contribution in [0.5, 0.6) is 23.0 Å². The Bertz CT molecular complexity index is 1220. The summed E-state index contributed by atoms with van der Waals surface area (Å²) in [6.45, 7) is -0.247. The number of hydrazone groups is 1. The molecule has 0 spiro atoms. The van der Waals surface area contributed by atoms with E-state index < -0.39 is 11.9 Å². The summed E-state index contributed by atoms with van der Waals surface area (Å²) in [5.41, 5.74) is 3.12. The molecule has 0 saturated carbocycles. The van der Waals surface area contributed by atoms with Crippen molar-refractivity contribution in [2.24, 2.45) is 5.10 Å². The van der Waals surface area contributed by atoms with Crippen LogP contribution in [0.15, 0.2) is 65.8 Å². The predicted octanol–water partition coefficient (Wildman–Crippen LogP) is 4.76. The van der Waals surface area contributed by atoms with Gasteiger partial charge in [-0.3, -0.25) is 4.79 Å². The van der Waals surface area contributed by atoms with Crippen LogP contribution in [0, 0.1) is 0 Å². The second-order valence-electron chi connectivity index (χ2n) is 6.66. The number of halogens is 2. The molecule has 0 bridgehead atoms. The standard InChI is InChI=1S/C24H20Cl2N2O6/c1-31-19-5-3-4-6-20(19)33-14-23(29)28-27-13-15-7-10-21(22(11-15)32-2)34-24(30)17-9-8-16(25)12-18(17)26/h3-13H,14H2,1-2H3,(H,28,29)/b27-13-. The fraction of sp³-hybridized carbons (Fsp3) is 0.125. The summed E-state index contributed by atoms with van der Waals surface area (Å²) < 4.78 is 21.3. The Hall–Kier alpha value is -3.75. The highest BCUT2D eigenvalue weighted by molar-refractivity contribution is 6.36. The van der Waals surface area contributed by atoms with Crippen LogP contribution < -0.4 is 24.4 Å². The zero-order chi connectivity index (χ0) is 24.5. The molecule has 0 saturated heterocycles. The van der Waals surface area contributed by atoms with Gasteiger partial charge < -0.3 is 18.9 Å². The number of carbonyl (C=O) groups excluding carboxylic acids is 2. The first-order valence-electron chi connectivity index (χ1n) is 9.84. The zero-order valence-corrected chi connectivity index (χ0v) is 19.7. The quantitative estimate of drug-likeness (QED) is 0.196. The van der Waals surface area contributed by atoms with E-state index in [0.29, 0.717) is 22.1 Å². The zero-order valence-electron chi connectivity index (χ0n) is 18.2. The Kier molecular flexibility index (Phi) is 8.73. The minimum atomic E-state index is -0.663. The van der Waals surface area contributed by atoms with Crippen molar-refractivity contribution in [3.8, 4) is 23.0 Å². The van der Waals surface area contributed by atoms with Gasteiger partial charge in [0.1, 0.15) is 0 Å². The molecule has 10 heteroatoms. The predicted molar refractivity (Wildman–Crippen MR) is 129 cm³/mol. The van der Waals surface area contributed by atoms with E-state index in [1.54, 1.807) is 36.4 Å². The number of rotatable bonds is 9. The van der Waals surface area contributed by atoms with E-state index in [1.165, 1.54) is 44.7 Å². The number of methoxy groups -OCH3 is 2. The number of esters is 1. The van der Waals surface area contributed by atoms with Gasteiger partial charge in [-0.2, -0.15) is 5.10 Å². The van der Waals surface area contributed by atoms with E-state index in [1.807, 2.05) is 0 Å². The van der Waals surface area contributed by atoms with Crippen LogP contribution in [0.3, 0.4) is 0 Å². The maximum atomic E-state index is 12.5. The first-order chi connectivity index (χ1) is 16.4. The molecule has 1 N–H and O–H groups in total. The lowest BCUT2D eigenvalue weighted by Gasteiger charge is -2.11. The van der Waals surface area contributed by atoms with Crippen LogP contribution in [0.2, 0.25) is 10.0 Å². The van der Waals surface area contributed by atoms with Crippen molar-refractivity contribution in [3.63, 3.8) is 0 Å². The van der Waals surface area contributed by atoms with Gasteiger partial charge in [0.25, 0.3) is 5.91 Å². The van der Waals surface area contributed by atoms with E-state index in [0.717, 1.165) is 0 Å². The van der Waals surface area contributed by atoms with Crippen molar-refractivity contribution in [2.75, 3.05) is 20.8 Å². The number of hydrogen-bond acceptors (Lipinski definition) is 7. The number of carbonyl (C=O) groups is 2. The summed E-state index contributed by atoms with van der Waals surface area (Å²) in [7, 11) is 2.94. The van der Waals surface area contributed by atoms with Crippen molar-refractivity contribution < 1.29 is 28.5 Å². The van der Waals surface area contributed by atoms with E-state index in [4.69, 9.17) is 42.1 Å². The summed E-state index contributed by atoms with van der Waals surface area (Å²) in [6, 6.07) is 16.2. The Morgan fingerprint density at radius 3 is 2.35 bits per heavy atom. The summed E-state index contributed by atoms with van der Waals surface area (Å²) in [6.07, 6.45) is 1.41. The Balaban J connectivity index is 1.59. The Morgan fingerprint density at radius 2 is 1.65 bits per heavy atom. The molecule has 0 aliphatic carbocycles. The van der Waals surface area contributed by atoms with Crippen LogP contribution in [0.4, 0.5) is 0 Å². The molecule has 3 rings (SSSR count). The van der Waals surface area contributed by atoms with E-state index in [9.17, 15) is 9.59 Å². The average molecular weight is 503 g/mol. The number of nitrogens with one attached hydrogen (secondary N) is 1. The number of benzene rings is 3. The van der Waals surface area contributed by atoms with Gasteiger partial charge in [0.15, 0.2) is 29.6 Å². The molecule has 0 aliphatic heterocycles. The lowest BCUT2D eigenvalue weighted by Crippen LogP contribution is -2.24. The molecule has 0 aliphatic rings. The molecule has 1 amide bonds. The fourth-order valence-corrected chi connectivity index (χ4v) is 3.24. The van der Waals surface area contributed by atoms with Gasteiger partial charge in [0.2, 0.25) is 0 Å². The van der Waals surface area contributed by atoms with Gasteiger partial charge in [-0.1, -0.05) is 35.3 Å². The normalized spacial score (nSPS) is 10.6. The average Bonchev–Trinajstić information content (AvgIpc) is 2.83. The second kappa shape index (κ2) is 11.9. The molecule has 8 nitrogen and oxygen atoms in total. The molecular weight excluding hydrogens is 483 g/mol. The molecule has 176 valence electrons. The van der Waals surface area contributed by atoms with Crippen LogP contribution >= 0.6 is 23.2 Å². The SMILES string of the molecule is COc1ccccc1OCC(=O)N/N=C\c1ccc(OC(=O)c2ccc(Cl)cc2Cl)c(OC)c1. The minimum absolute atomic E-state index is 0.164. The molecule has 0 atom stereocenters. The van der Waals surface area contributed by atoms with Crippen molar-refractivity contribution in [1.29, 1.82) is 0 Å². The van der Waals surface area contributed by atoms with Gasteiger partial charge in [-0.15, -0.1) is 0 Å². The molecule has 3 aromatic rings. The lowest BCUT2D eigenvalue weighted by atomic mass is 10.2. The third kappa shape index (κ3) is 6.63. The minimum Gasteiger partial charge on any atom is -0.493 e. The van der Waals surface area contributed by atoms with Crippen LogP contribution in [0.1, 0.15) is 15.9 Å².